The van der Waals surface area contributed by atoms with E-state index in [1.807, 2.05) is 33.0 Å². The highest BCUT2D eigenvalue weighted by Crippen LogP contribution is 2.27. The van der Waals surface area contributed by atoms with E-state index in [2.05, 4.69) is 10.4 Å². The Kier molecular flexibility index (Phi) is 4.02. The summed E-state index contributed by atoms with van der Waals surface area (Å²) in [7, 11) is 1.83. The molecule has 118 valence electrons. The number of nitrogens with zero attached hydrogens (tertiary/aromatic N) is 2. The van der Waals surface area contributed by atoms with Crippen molar-refractivity contribution in [1.29, 1.82) is 0 Å². The van der Waals surface area contributed by atoms with Gasteiger partial charge in [-0.05, 0) is 32.4 Å². The molecule has 1 saturated heterocycles. The summed E-state index contributed by atoms with van der Waals surface area (Å²) in [6, 6.07) is 3.59. The van der Waals surface area contributed by atoms with Gasteiger partial charge in [0.25, 0.3) is 5.91 Å². The molecule has 0 radical (unpaired) electrons. The predicted molar refractivity (Wildman–Crippen MR) is 80.7 cm³/mol. The maximum atomic E-state index is 12.6. The summed E-state index contributed by atoms with van der Waals surface area (Å²) < 4.78 is 12.7. The SMILES string of the molecule is Cc1ccc([C@@H](C)NC(=O)c2cn(C)nc2[C@H]2CCOC2)o1. The smallest absolute Gasteiger partial charge is 0.255 e. The Morgan fingerprint density at radius 1 is 1.50 bits per heavy atom. The maximum absolute atomic E-state index is 12.6. The van der Waals surface area contributed by atoms with Crippen LogP contribution in [0.3, 0.4) is 0 Å². The number of furan rings is 1. The van der Waals surface area contributed by atoms with E-state index in [1.54, 1.807) is 10.9 Å². The Balaban J connectivity index is 1.77. The Labute approximate surface area is 129 Å². The highest BCUT2D eigenvalue weighted by molar-refractivity contribution is 5.95. The van der Waals surface area contributed by atoms with Crippen molar-refractivity contribution in [2.75, 3.05) is 13.2 Å². The van der Waals surface area contributed by atoms with E-state index in [0.29, 0.717) is 12.2 Å². The first-order valence-corrected chi connectivity index (χ1v) is 7.53. The minimum Gasteiger partial charge on any atom is -0.464 e. The number of carbonyl (C=O) groups excluding carboxylic acids is 1. The average molecular weight is 303 g/mol. The molecule has 1 fully saturated rings. The molecule has 0 aromatic carbocycles. The summed E-state index contributed by atoms with van der Waals surface area (Å²) >= 11 is 0. The number of hydrogen-bond donors (Lipinski definition) is 1. The summed E-state index contributed by atoms with van der Waals surface area (Å²) in [6.07, 6.45) is 2.67. The quantitative estimate of drug-likeness (QED) is 0.941. The first kappa shape index (κ1) is 14.8. The van der Waals surface area contributed by atoms with Crippen molar-refractivity contribution in [3.05, 3.63) is 41.1 Å². The first-order valence-electron chi connectivity index (χ1n) is 7.53. The predicted octanol–water partition coefficient (Wildman–Crippen LogP) is 2.32. The lowest BCUT2D eigenvalue weighted by atomic mass is 10.0. The van der Waals surface area contributed by atoms with Gasteiger partial charge in [0, 0.05) is 25.8 Å². The second-order valence-electron chi connectivity index (χ2n) is 5.81. The number of aryl methyl sites for hydroxylation is 2. The summed E-state index contributed by atoms with van der Waals surface area (Å²) in [5, 5.41) is 7.43. The van der Waals surface area contributed by atoms with Crippen LogP contribution in [0.2, 0.25) is 0 Å². The third-order valence-corrected chi connectivity index (χ3v) is 3.95. The molecule has 3 heterocycles. The van der Waals surface area contributed by atoms with Gasteiger partial charge in [0.05, 0.1) is 23.9 Å². The van der Waals surface area contributed by atoms with Gasteiger partial charge in [-0.15, -0.1) is 0 Å². The number of aromatic nitrogens is 2. The number of nitrogens with one attached hydrogen (secondary N) is 1. The summed E-state index contributed by atoms with van der Waals surface area (Å²) in [5.41, 5.74) is 1.44. The van der Waals surface area contributed by atoms with Gasteiger partial charge in [0.2, 0.25) is 0 Å². The summed E-state index contributed by atoms with van der Waals surface area (Å²) in [4.78, 5) is 12.6. The van der Waals surface area contributed by atoms with Gasteiger partial charge in [-0.3, -0.25) is 9.48 Å². The van der Waals surface area contributed by atoms with Crippen LogP contribution >= 0.6 is 0 Å². The van der Waals surface area contributed by atoms with Crippen molar-refractivity contribution in [2.45, 2.75) is 32.2 Å². The number of rotatable bonds is 4. The monoisotopic (exact) mass is 303 g/mol. The van der Waals surface area contributed by atoms with Gasteiger partial charge in [-0.1, -0.05) is 0 Å². The Hall–Kier alpha value is -2.08. The van der Waals surface area contributed by atoms with Crippen molar-refractivity contribution < 1.29 is 13.9 Å². The third-order valence-electron chi connectivity index (χ3n) is 3.95. The zero-order chi connectivity index (χ0) is 15.7. The standard InChI is InChI=1S/C16H21N3O3/c1-10-4-5-14(22-10)11(2)17-16(20)13-8-19(3)18-15(13)12-6-7-21-9-12/h4-5,8,11-12H,6-7,9H2,1-3H3,(H,17,20)/t11-,12+/m1/s1. The second-order valence-corrected chi connectivity index (χ2v) is 5.81. The van der Waals surface area contributed by atoms with Gasteiger partial charge >= 0.3 is 0 Å². The van der Waals surface area contributed by atoms with Gasteiger partial charge in [0.1, 0.15) is 11.5 Å². The molecule has 1 aliphatic heterocycles. The van der Waals surface area contributed by atoms with E-state index in [9.17, 15) is 4.79 Å². The highest BCUT2D eigenvalue weighted by Gasteiger charge is 2.27. The van der Waals surface area contributed by atoms with Crippen LogP contribution in [0.5, 0.6) is 0 Å². The lowest BCUT2D eigenvalue weighted by Crippen LogP contribution is -2.27. The Bertz CT molecular complexity index is 668. The summed E-state index contributed by atoms with van der Waals surface area (Å²) in [5.74, 6) is 1.65. The molecule has 6 heteroatoms. The van der Waals surface area contributed by atoms with Crippen molar-refractivity contribution in [1.82, 2.24) is 15.1 Å². The molecule has 3 rings (SSSR count). The fourth-order valence-electron chi connectivity index (χ4n) is 2.76. The van der Waals surface area contributed by atoms with Crippen molar-refractivity contribution in [2.24, 2.45) is 7.05 Å². The Morgan fingerprint density at radius 3 is 2.95 bits per heavy atom. The molecule has 2 aromatic heterocycles. The zero-order valence-electron chi connectivity index (χ0n) is 13.1. The van der Waals surface area contributed by atoms with Gasteiger partial charge in [-0.25, -0.2) is 0 Å². The van der Waals surface area contributed by atoms with Crippen LogP contribution in [0.1, 0.15) is 52.9 Å². The molecule has 2 atom stereocenters. The number of ether oxygens (including phenoxy) is 1. The van der Waals surface area contributed by atoms with Crippen LogP contribution in [0, 0.1) is 6.92 Å². The van der Waals surface area contributed by atoms with E-state index in [1.165, 1.54) is 0 Å². The van der Waals surface area contributed by atoms with Crippen molar-refractivity contribution in [3.63, 3.8) is 0 Å². The molecular weight excluding hydrogens is 282 g/mol. The fourth-order valence-corrected chi connectivity index (χ4v) is 2.76. The third kappa shape index (κ3) is 2.92. The van der Waals surface area contributed by atoms with Crippen LogP contribution in [0.15, 0.2) is 22.7 Å². The zero-order valence-corrected chi connectivity index (χ0v) is 13.1. The van der Waals surface area contributed by atoms with E-state index < -0.39 is 0 Å². The lowest BCUT2D eigenvalue weighted by Gasteiger charge is -2.12. The average Bonchev–Trinajstić information content (AvgIpc) is 3.17. The van der Waals surface area contributed by atoms with Gasteiger partial charge in [-0.2, -0.15) is 5.10 Å². The van der Waals surface area contributed by atoms with E-state index in [4.69, 9.17) is 9.15 Å². The molecule has 1 N–H and O–H groups in total. The maximum Gasteiger partial charge on any atom is 0.255 e. The molecule has 1 amide bonds. The number of amides is 1. The fraction of sp³-hybridized carbons (Fsp3) is 0.500. The molecule has 0 saturated carbocycles. The van der Waals surface area contributed by atoms with E-state index in [-0.39, 0.29) is 17.9 Å². The largest absolute Gasteiger partial charge is 0.464 e. The molecular formula is C16H21N3O3. The molecule has 0 bridgehead atoms. The summed E-state index contributed by atoms with van der Waals surface area (Å²) in [6.45, 7) is 5.15. The van der Waals surface area contributed by atoms with Crippen molar-refractivity contribution in [3.8, 4) is 0 Å². The van der Waals surface area contributed by atoms with Gasteiger partial charge in [0.15, 0.2) is 0 Å². The van der Waals surface area contributed by atoms with E-state index in [0.717, 1.165) is 30.2 Å². The molecule has 0 spiro atoms. The molecule has 1 aliphatic rings. The van der Waals surface area contributed by atoms with Crippen LogP contribution in [0.4, 0.5) is 0 Å². The first-order chi connectivity index (χ1) is 10.5. The van der Waals surface area contributed by atoms with Crippen molar-refractivity contribution >= 4 is 5.91 Å². The van der Waals surface area contributed by atoms with Crippen LogP contribution in [0.25, 0.3) is 0 Å². The number of carbonyl (C=O) groups is 1. The van der Waals surface area contributed by atoms with Crippen LogP contribution in [-0.4, -0.2) is 28.9 Å². The minimum atomic E-state index is -0.186. The molecule has 2 aromatic rings. The molecule has 0 unspecified atom stereocenters. The Morgan fingerprint density at radius 2 is 2.32 bits per heavy atom. The molecule has 0 aliphatic carbocycles. The molecule has 6 nitrogen and oxygen atoms in total. The lowest BCUT2D eigenvalue weighted by molar-refractivity contribution is 0.0933. The topological polar surface area (TPSA) is 69.3 Å². The normalized spacial score (nSPS) is 19.3. The van der Waals surface area contributed by atoms with Crippen LogP contribution < -0.4 is 5.32 Å². The van der Waals surface area contributed by atoms with Gasteiger partial charge < -0.3 is 14.5 Å². The molecule has 22 heavy (non-hydrogen) atoms. The number of hydrogen-bond acceptors (Lipinski definition) is 4. The van der Waals surface area contributed by atoms with Crippen LogP contribution in [-0.2, 0) is 11.8 Å². The van der Waals surface area contributed by atoms with E-state index >= 15 is 0 Å². The minimum absolute atomic E-state index is 0.128. The second kappa shape index (κ2) is 5.96. The highest BCUT2D eigenvalue weighted by atomic mass is 16.5.